The number of primary sulfonamides is 1. The Kier molecular flexibility index (Phi) is 7.36. The molecule has 142 valence electrons. The van der Waals surface area contributed by atoms with Crippen LogP contribution in [0.5, 0.6) is 0 Å². The number of nitrogens with two attached hydrogens (primary N) is 1. The van der Waals surface area contributed by atoms with Crippen molar-refractivity contribution in [1.29, 1.82) is 0 Å². The van der Waals surface area contributed by atoms with Crippen LogP contribution in [0.25, 0.3) is 0 Å². The van der Waals surface area contributed by atoms with Crippen molar-refractivity contribution in [1.82, 2.24) is 10.0 Å². The first-order valence-electron chi connectivity index (χ1n) is 7.20. The average Bonchev–Trinajstić information content (AvgIpc) is 2.75. The smallest absolute Gasteiger partial charge is 0.239 e. The Bertz CT molecular complexity index is 773. The summed E-state index contributed by atoms with van der Waals surface area (Å²) in [5.41, 5.74) is -1.07. The minimum Gasteiger partial charge on any atom is -0.365 e. The summed E-state index contributed by atoms with van der Waals surface area (Å²) in [5, 5.41) is 20.5. The molecule has 1 aliphatic rings. The van der Waals surface area contributed by atoms with E-state index in [2.05, 4.69) is 4.99 Å². The highest BCUT2D eigenvalue weighted by molar-refractivity contribution is 8.93. The maximum absolute atomic E-state index is 11.7. The van der Waals surface area contributed by atoms with Crippen molar-refractivity contribution in [3.8, 4) is 0 Å². The number of amidine groups is 1. The van der Waals surface area contributed by atoms with Gasteiger partial charge in [0.15, 0.2) is 10.9 Å². The number of aliphatic hydroxyl groups is 1. The molecule has 0 amide bonds. The topological polar surface area (TPSA) is 99.2 Å². The Morgan fingerprint density at radius 1 is 1.44 bits per heavy atom. The predicted octanol–water partition coefficient (Wildman–Crippen LogP) is 2.00. The van der Waals surface area contributed by atoms with Crippen LogP contribution in [-0.2, 0) is 15.7 Å². The first-order chi connectivity index (χ1) is 11.0. The Labute approximate surface area is 168 Å². The van der Waals surface area contributed by atoms with Gasteiger partial charge >= 0.3 is 0 Å². The van der Waals surface area contributed by atoms with Gasteiger partial charge in [-0.2, -0.15) is 0 Å². The second kappa shape index (κ2) is 8.12. The van der Waals surface area contributed by atoms with Crippen molar-refractivity contribution < 1.29 is 13.5 Å². The molecule has 1 aliphatic heterocycles. The summed E-state index contributed by atoms with van der Waals surface area (Å²) in [5.74, 6) is 0.294. The van der Waals surface area contributed by atoms with Gasteiger partial charge in [0.2, 0.25) is 10.0 Å². The zero-order valence-electron chi connectivity index (χ0n) is 14.3. The first-order valence-corrected chi connectivity index (χ1v) is 10.1. The highest BCUT2D eigenvalue weighted by Crippen LogP contribution is 2.41. The molecule has 25 heavy (non-hydrogen) atoms. The normalized spacial score (nSPS) is 22.8. The van der Waals surface area contributed by atoms with Crippen molar-refractivity contribution in [3.63, 3.8) is 0 Å². The van der Waals surface area contributed by atoms with Gasteiger partial charge in [0.1, 0.15) is 4.90 Å². The number of nitrogens with zero attached hydrogens (tertiary/aromatic N) is 3. The van der Waals surface area contributed by atoms with Gasteiger partial charge in [0, 0.05) is 25.7 Å². The van der Waals surface area contributed by atoms with Crippen molar-refractivity contribution >= 4 is 55.5 Å². The molecule has 2 rings (SSSR count). The Hall–Kier alpha value is -0.360. The molecule has 0 aromatic heterocycles. The minimum absolute atomic E-state index is 0. The Morgan fingerprint density at radius 3 is 2.52 bits per heavy atom. The number of halogens is 2. The molecule has 0 spiro atoms. The molecule has 1 heterocycles. The zero-order valence-corrected chi connectivity index (χ0v) is 18.4. The quantitative estimate of drug-likeness (QED) is 0.694. The molecule has 1 saturated heterocycles. The number of thioether (sulfide) groups is 1. The molecule has 0 saturated carbocycles. The van der Waals surface area contributed by atoms with Crippen molar-refractivity contribution in [2.75, 3.05) is 19.8 Å². The second-order valence-corrected chi connectivity index (χ2v) is 8.84. The number of aliphatic imine (C=N–C) groups is 1. The molecule has 1 fully saturated rings. The van der Waals surface area contributed by atoms with E-state index < -0.39 is 15.7 Å². The minimum atomic E-state index is -3.99. The van der Waals surface area contributed by atoms with Crippen LogP contribution < -0.4 is 5.14 Å². The van der Waals surface area contributed by atoms with Crippen LogP contribution in [0.4, 0.5) is 0 Å². The molecule has 1 atom stereocenters. The predicted molar refractivity (Wildman–Crippen MR) is 108 cm³/mol. The van der Waals surface area contributed by atoms with Gasteiger partial charge in [-0.1, -0.05) is 29.4 Å². The van der Waals surface area contributed by atoms with Gasteiger partial charge in [-0.25, -0.2) is 23.6 Å². The summed E-state index contributed by atoms with van der Waals surface area (Å²) in [6.45, 7) is 3.89. The van der Waals surface area contributed by atoms with Crippen molar-refractivity contribution in [2.24, 2.45) is 10.1 Å². The SMILES string of the molecule is Br.CC(C)N=C1SCC(O)(c2ccc(Cl)c(S(N)(=O)=O)c2)N1N(C)C. The number of hydrazine groups is 1. The molecular formula is C14H22BrClN4O3S2. The van der Waals surface area contributed by atoms with E-state index in [4.69, 9.17) is 16.7 Å². The lowest BCUT2D eigenvalue weighted by Crippen LogP contribution is -2.52. The number of sulfonamides is 1. The fraction of sp³-hybridized carbons (Fsp3) is 0.500. The highest BCUT2D eigenvalue weighted by atomic mass is 79.9. The van der Waals surface area contributed by atoms with E-state index in [1.54, 1.807) is 30.2 Å². The second-order valence-electron chi connectivity index (χ2n) is 5.96. The summed E-state index contributed by atoms with van der Waals surface area (Å²) in [6.07, 6.45) is 0. The maximum atomic E-state index is 11.7. The largest absolute Gasteiger partial charge is 0.365 e. The summed E-state index contributed by atoms with van der Waals surface area (Å²) in [6, 6.07) is 4.38. The lowest BCUT2D eigenvalue weighted by molar-refractivity contribution is -0.134. The molecule has 1 aromatic carbocycles. The maximum Gasteiger partial charge on any atom is 0.239 e. The van der Waals surface area contributed by atoms with E-state index >= 15 is 0 Å². The van der Waals surface area contributed by atoms with Crippen LogP contribution in [0.2, 0.25) is 5.02 Å². The number of hydrogen-bond acceptors (Lipinski definition) is 6. The first kappa shape index (κ1) is 22.7. The fourth-order valence-electron chi connectivity index (χ4n) is 2.44. The standard InChI is InChI=1S/C14H21ClN4O3S2.BrH/c1-9(2)17-13-19(18(3)4)14(20,8-23-13)10-5-6-11(15)12(7-10)24(16,21)22;/h5-7,9,20H,8H2,1-4H3,(H2,16,21,22);1H. The van der Waals surface area contributed by atoms with E-state index in [0.717, 1.165) is 0 Å². The van der Waals surface area contributed by atoms with Crippen LogP contribution >= 0.6 is 40.3 Å². The molecule has 0 bridgehead atoms. The van der Waals surface area contributed by atoms with E-state index in [-0.39, 0.29) is 32.9 Å². The molecule has 3 N–H and O–H groups in total. The number of benzene rings is 1. The summed E-state index contributed by atoms with van der Waals surface area (Å²) in [4.78, 5) is 4.31. The molecule has 0 radical (unpaired) electrons. The van der Waals surface area contributed by atoms with Crippen LogP contribution in [0.15, 0.2) is 28.1 Å². The zero-order chi connectivity index (χ0) is 18.3. The molecule has 7 nitrogen and oxygen atoms in total. The fourth-order valence-corrected chi connectivity index (χ4v) is 4.85. The van der Waals surface area contributed by atoms with Crippen molar-refractivity contribution in [3.05, 3.63) is 28.8 Å². The third-order valence-electron chi connectivity index (χ3n) is 3.40. The molecule has 11 heteroatoms. The van der Waals surface area contributed by atoms with Gasteiger partial charge in [0.05, 0.1) is 10.8 Å². The van der Waals surface area contributed by atoms with Crippen LogP contribution in [0.3, 0.4) is 0 Å². The van der Waals surface area contributed by atoms with Crippen LogP contribution in [0, 0.1) is 0 Å². The molecular weight excluding hydrogens is 452 g/mol. The van der Waals surface area contributed by atoms with Gasteiger partial charge < -0.3 is 5.11 Å². The monoisotopic (exact) mass is 472 g/mol. The third-order valence-corrected chi connectivity index (χ3v) is 5.88. The Balaban J connectivity index is 0.00000312. The van der Waals surface area contributed by atoms with E-state index in [1.807, 2.05) is 13.8 Å². The van der Waals surface area contributed by atoms with E-state index in [9.17, 15) is 13.5 Å². The average molecular weight is 474 g/mol. The van der Waals surface area contributed by atoms with Gasteiger partial charge in [-0.05, 0) is 26.0 Å². The van der Waals surface area contributed by atoms with Crippen LogP contribution in [-0.4, -0.2) is 54.6 Å². The van der Waals surface area contributed by atoms with Gasteiger partial charge in [-0.3, -0.25) is 4.99 Å². The Morgan fingerprint density at radius 2 is 2.04 bits per heavy atom. The van der Waals surface area contributed by atoms with E-state index in [0.29, 0.717) is 16.5 Å². The molecule has 1 aromatic rings. The lowest BCUT2D eigenvalue weighted by Gasteiger charge is -2.38. The van der Waals surface area contributed by atoms with Crippen molar-refractivity contribution in [2.45, 2.75) is 30.5 Å². The molecule has 1 unspecified atom stereocenters. The summed E-state index contributed by atoms with van der Waals surface area (Å²) in [7, 11) is -0.433. The number of rotatable bonds is 4. The summed E-state index contributed by atoms with van der Waals surface area (Å²) < 4.78 is 23.4. The third kappa shape index (κ3) is 4.68. The lowest BCUT2D eigenvalue weighted by atomic mass is 10.0. The van der Waals surface area contributed by atoms with Crippen LogP contribution in [0.1, 0.15) is 19.4 Å². The van der Waals surface area contributed by atoms with Gasteiger partial charge in [-0.15, -0.1) is 17.0 Å². The number of hydrogen-bond donors (Lipinski definition) is 2. The van der Waals surface area contributed by atoms with E-state index in [1.165, 1.54) is 23.9 Å². The molecule has 0 aliphatic carbocycles. The highest BCUT2D eigenvalue weighted by Gasteiger charge is 2.47. The summed E-state index contributed by atoms with van der Waals surface area (Å²) >= 11 is 7.33. The van der Waals surface area contributed by atoms with Gasteiger partial charge in [0.25, 0.3) is 0 Å².